The number of anilines is 1. The molecule has 0 saturated carbocycles. The number of nitrogens with one attached hydrogen (secondary N) is 1. The van der Waals surface area contributed by atoms with E-state index in [1.807, 2.05) is 0 Å². The summed E-state index contributed by atoms with van der Waals surface area (Å²) in [7, 11) is 1.23. The van der Waals surface area contributed by atoms with Gasteiger partial charge in [-0.15, -0.1) is 0 Å². The van der Waals surface area contributed by atoms with Crippen molar-refractivity contribution < 1.29 is 19.1 Å². The van der Waals surface area contributed by atoms with Crippen LogP contribution in [0.5, 0.6) is 0 Å². The maximum atomic E-state index is 11.5. The number of benzene rings is 1. The van der Waals surface area contributed by atoms with Gasteiger partial charge in [-0.05, 0) is 30.7 Å². The van der Waals surface area contributed by atoms with E-state index in [-0.39, 0.29) is 5.78 Å². The second-order valence-corrected chi connectivity index (χ2v) is 3.91. The summed E-state index contributed by atoms with van der Waals surface area (Å²) in [5, 5.41) is 2.59. The Morgan fingerprint density at radius 2 is 1.70 bits per heavy atom. The Bertz CT molecular complexity index is 556. The third-order valence-corrected chi connectivity index (χ3v) is 2.26. The smallest absolute Gasteiger partial charge is 0.330 e. The van der Waals surface area contributed by atoms with Crippen LogP contribution in [-0.4, -0.2) is 24.8 Å². The van der Waals surface area contributed by atoms with Crippen LogP contribution in [0.1, 0.15) is 12.5 Å². The van der Waals surface area contributed by atoms with Crippen molar-refractivity contribution in [2.75, 3.05) is 12.4 Å². The van der Waals surface area contributed by atoms with Crippen molar-refractivity contribution in [2.24, 2.45) is 0 Å². The molecule has 0 bridgehead atoms. The molecule has 0 aliphatic heterocycles. The van der Waals surface area contributed by atoms with Crippen molar-refractivity contribution in [1.29, 1.82) is 0 Å². The summed E-state index contributed by atoms with van der Waals surface area (Å²) >= 11 is 0. The van der Waals surface area contributed by atoms with Crippen LogP contribution in [-0.2, 0) is 19.1 Å². The molecule has 1 rings (SSSR count). The van der Waals surface area contributed by atoms with Gasteiger partial charge in [0.15, 0.2) is 5.78 Å². The van der Waals surface area contributed by atoms with E-state index in [2.05, 4.69) is 10.1 Å². The molecule has 1 aromatic rings. The molecule has 0 fully saturated rings. The Kier molecular flexibility index (Phi) is 5.90. The van der Waals surface area contributed by atoms with E-state index in [1.54, 1.807) is 30.3 Å². The number of carbonyl (C=O) groups is 3. The van der Waals surface area contributed by atoms with Gasteiger partial charge in [-0.2, -0.15) is 0 Å². The first-order valence-corrected chi connectivity index (χ1v) is 5.87. The summed E-state index contributed by atoms with van der Waals surface area (Å²) in [6.07, 6.45) is 5.28. The van der Waals surface area contributed by atoms with Crippen LogP contribution in [0.4, 0.5) is 5.69 Å². The van der Waals surface area contributed by atoms with Gasteiger partial charge in [0, 0.05) is 17.8 Å². The molecule has 0 aromatic heterocycles. The zero-order valence-electron chi connectivity index (χ0n) is 11.3. The van der Waals surface area contributed by atoms with E-state index < -0.39 is 11.9 Å². The molecular weight excluding hydrogens is 258 g/mol. The summed E-state index contributed by atoms with van der Waals surface area (Å²) < 4.78 is 4.37. The van der Waals surface area contributed by atoms with E-state index in [9.17, 15) is 14.4 Å². The van der Waals surface area contributed by atoms with Crippen molar-refractivity contribution in [3.63, 3.8) is 0 Å². The second-order valence-electron chi connectivity index (χ2n) is 3.91. The van der Waals surface area contributed by atoms with Crippen LogP contribution >= 0.6 is 0 Å². The number of allylic oxidation sites excluding steroid dienone is 1. The highest BCUT2D eigenvalue weighted by Crippen LogP contribution is 2.10. The van der Waals surface area contributed by atoms with Crippen molar-refractivity contribution in [3.8, 4) is 0 Å². The van der Waals surface area contributed by atoms with E-state index in [4.69, 9.17) is 0 Å². The molecule has 0 aliphatic carbocycles. The number of ketones is 1. The van der Waals surface area contributed by atoms with Crippen LogP contribution in [0.25, 0.3) is 6.08 Å². The minimum Gasteiger partial charge on any atom is -0.466 e. The first-order chi connectivity index (χ1) is 9.51. The van der Waals surface area contributed by atoms with Crippen molar-refractivity contribution in [1.82, 2.24) is 0 Å². The van der Waals surface area contributed by atoms with Gasteiger partial charge in [0.25, 0.3) is 0 Å². The number of methoxy groups -OCH3 is 1. The predicted octanol–water partition coefficient (Wildman–Crippen LogP) is 1.96. The van der Waals surface area contributed by atoms with Gasteiger partial charge in [-0.3, -0.25) is 9.59 Å². The third kappa shape index (κ3) is 5.77. The topological polar surface area (TPSA) is 72.5 Å². The Balaban J connectivity index is 2.61. The quantitative estimate of drug-likeness (QED) is 0.657. The minimum absolute atomic E-state index is 0.0321. The highest BCUT2D eigenvalue weighted by Gasteiger charge is 1.99. The van der Waals surface area contributed by atoms with Gasteiger partial charge in [0.2, 0.25) is 5.91 Å². The maximum Gasteiger partial charge on any atom is 0.330 e. The number of amides is 1. The Morgan fingerprint density at radius 1 is 1.05 bits per heavy atom. The molecule has 0 aliphatic rings. The molecule has 5 nitrogen and oxygen atoms in total. The lowest BCUT2D eigenvalue weighted by Crippen LogP contribution is -2.08. The van der Waals surface area contributed by atoms with E-state index in [1.165, 1.54) is 20.1 Å². The van der Waals surface area contributed by atoms with Crippen LogP contribution in [0.2, 0.25) is 0 Å². The molecule has 1 amide bonds. The number of hydrogen-bond donors (Lipinski definition) is 1. The number of ether oxygens (including phenoxy) is 1. The van der Waals surface area contributed by atoms with E-state index in [0.29, 0.717) is 5.69 Å². The molecule has 1 aromatic carbocycles. The van der Waals surface area contributed by atoms with Gasteiger partial charge >= 0.3 is 5.97 Å². The predicted molar refractivity (Wildman–Crippen MR) is 75.9 cm³/mol. The van der Waals surface area contributed by atoms with E-state index in [0.717, 1.165) is 17.7 Å². The van der Waals surface area contributed by atoms with E-state index >= 15 is 0 Å². The van der Waals surface area contributed by atoms with Gasteiger partial charge < -0.3 is 10.1 Å². The molecular formula is C15H15NO4. The molecule has 104 valence electrons. The van der Waals surface area contributed by atoms with Crippen LogP contribution in [0.15, 0.2) is 42.5 Å². The fourth-order valence-electron chi connectivity index (χ4n) is 1.29. The number of carbonyl (C=O) groups excluding carboxylic acids is 3. The summed E-state index contributed by atoms with van der Waals surface area (Å²) in [6.45, 7) is 1.47. The molecule has 0 radical (unpaired) electrons. The number of esters is 1. The van der Waals surface area contributed by atoms with Crippen molar-refractivity contribution in [3.05, 3.63) is 48.1 Å². The highest BCUT2D eigenvalue weighted by atomic mass is 16.5. The van der Waals surface area contributed by atoms with Gasteiger partial charge in [0.1, 0.15) is 0 Å². The first kappa shape index (κ1) is 15.4. The lowest BCUT2D eigenvalue weighted by molar-refractivity contribution is -0.135. The lowest BCUT2D eigenvalue weighted by atomic mass is 10.2. The monoisotopic (exact) mass is 273 g/mol. The Labute approximate surface area is 116 Å². The van der Waals surface area contributed by atoms with Gasteiger partial charge in [-0.25, -0.2) is 4.79 Å². The fraction of sp³-hybridized carbons (Fsp3) is 0.133. The van der Waals surface area contributed by atoms with Crippen molar-refractivity contribution in [2.45, 2.75) is 6.92 Å². The summed E-state index contributed by atoms with van der Waals surface area (Å²) in [5.41, 5.74) is 1.44. The molecule has 0 saturated heterocycles. The minimum atomic E-state index is -0.593. The molecule has 0 unspecified atom stereocenters. The Morgan fingerprint density at radius 3 is 2.25 bits per heavy atom. The first-order valence-electron chi connectivity index (χ1n) is 5.87. The normalized spacial score (nSPS) is 10.7. The van der Waals surface area contributed by atoms with Crippen molar-refractivity contribution >= 4 is 29.4 Å². The lowest BCUT2D eigenvalue weighted by Gasteiger charge is -2.02. The largest absolute Gasteiger partial charge is 0.466 e. The summed E-state index contributed by atoms with van der Waals surface area (Å²) in [5.74, 6) is -1.05. The zero-order valence-corrected chi connectivity index (χ0v) is 11.3. The molecule has 0 heterocycles. The highest BCUT2D eigenvalue weighted by molar-refractivity contribution is 6.02. The average Bonchev–Trinajstić information content (AvgIpc) is 2.44. The maximum absolute atomic E-state index is 11.5. The molecule has 0 spiro atoms. The zero-order chi connectivity index (χ0) is 15.0. The molecule has 20 heavy (non-hydrogen) atoms. The fourth-order valence-corrected chi connectivity index (χ4v) is 1.29. The molecule has 1 N–H and O–H groups in total. The van der Waals surface area contributed by atoms with Gasteiger partial charge in [-0.1, -0.05) is 18.2 Å². The number of rotatable bonds is 5. The molecule has 5 heteroatoms. The van der Waals surface area contributed by atoms with Crippen LogP contribution in [0.3, 0.4) is 0 Å². The number of hydrogen-bond acceptors (Lipinski definition) is 4. The second kappa shape index (κ2) is 7.68. The average molecular weight is 273 g/mol. The van der Waals surface area contributed by atoms with Crippen LogP contribution in [0, 0.1) is 0 Å². The SMILES string of the molecule is COC(=O)/C=C/C(=O)Nc1ccc(/C=C/C(C)=O)cc1. The standard InChI is InChI=1S/C15H15NO4/c1-11(17)3-4-12-5-7-13(8-6-12)16-14(18)9-10-15(19)20-2/h3-10H,1-2H3,(H,16,18)/b4-3+,10-9+. The Hall–Kier alpha value is -2.69. The molecule has 0 atom stereocenters. The summed E-state index contributed by atoms with van der Waals surface area (Å²) in [6, 6.07) is 6.92. The third-order valence-electron chi connectivity index (χ3n) is 2.26. The van der Waals surface area contributed by atoms with Gasteiger partial charge in [0.05, 0.1) is 7.11 Å². The summed E-state index contributed by atoms with van der Waals surface area (Å²) in [4.78, 5) is 33.1. The van der Waals surface area contributed by atoms with Crippen LogP contribution < -0.4 is 5.32 Å².